The van der Waals surface area contributed by atoms with Crippen molar-refractivity contribution in [2.24, 2.45) is 5.14 Å². The van der Waals surface area contributed by atoms with E-state index in [1.807, 2.05) is 50.4 Å². The fraction of sp³-hybridized carbons (Fsp3) is 0.250. The van der Waals surface area contributed by atoms with E-state index < -0.39 is 15.4 Å². The van der Waals surface area contributed by atoms with E-state index in [-0.39, 0.29) is 18.2 Å². The van der Waals surface area contributed by atoms with Gasteiger partial charge in [0.2, 0.25) is 10.0 Å². The molecule has 24 heavy (non-hydrogen) atoms. The molecule has 1 aromatic carbocycles. The van der Waals surface area contributed by atoms with Gasteiger partial charge in [-0.05, 0) is 11.6 Å². The van der Waals surface area contributed by atoms with E-state index in [0.717, 1.165) is 27.9 Å². The number of nitrogens with two attached hydrogens (primary N) is 1. The van der Waals surface area contributed by atoms with Crippen molar-refractivity contribution in [2.75, 3.05) is 5.75 Å². The average Bonchev–Trinajstić information content (AvgIpc) is 2.93. The molecule has 0 saturated carbocycles. The lowest BCUT2D eigenvalue weighted by molar-refractivity contribution is 0.549. The number of hydrogen-bond donors (Lipinski definition) is 2. The first-order valence-electron chi connectivity index (χ1n) is 7.16. The van der Waals surface area contributed by atoms with Crippen molar-refractivity contribution in [3.8, 4) is 11.3 Å². The highest BCUT2D eigenvalue weighted by molar-refractivity contribution is 7.89. The van der Waals surface area contributed by atoms with Gasteiger partial charge in [-0.1, -0.05) is 38.1 Å². The molecular weight excluding hydrogens is 348 g/mol. The molecule has 0 spiro atoms. The lowest BCUT2D eigenvalue weighted by Gasteiger charge is -2.24. The number of primary sulfonamides is 1. The third-order valence-corrected chi connectivity index (χ3v) is 4.98. The Morgan fingerprint density at radius 1 is 1.12 bits per heavy atom. The maximum absolute atomic E-state index is 11.4. The monoisotopic (exact) mass is 366 g/mol. The van der Waals surface area contributed by atoms with Gasteiger partial charge in [0.05, 0.1) is 11.4 Å². The Kier molecular flexibility index (Phi) is 4.98. The summed E-state index contributed by atoms with van der Waals surface area (Å²) < 4.78 is 22.8. The van der Waals surface area contributed by atoms with Crippen molar-refractivity contribution in [1.29, 1.82) is 0 Å². The van der Waals surface area contributed by atoms with Gasteiger partial charge in [0.1, 0.15) is 12.0 Å². The summed E-state index contributed by atoms with van der Waals surface area (Å²) in [5, 5.41) is 6.13. The predicted octanol–water partition coefficient (Wildman–Crippen LogP) is 2.61. The largest absolute Gasteiger partial charge is 0.346 e. The molecular formula is C16H19ClN4O2S. The second-order valence-electron chi connectivity index (χ2n) is 6.23. The average molecular weight is 367 g/mol. The fourth-order valence-electron chi connectivity index (χ4n) is 2.77. The van der Waals surface area contributed by atoms with Gasteiger partial charge >= 0.3 is 0 Å². The van der Waals surface area contributed by atoms with Crippen LogP contribution in [-0.4, -0.2) is 29.1 Å². The molecule has 0 aliphatic heterocycles. The Labute approximate surface area is 147 Å². The van der Waals surface area contributed by atoms with Crippen molar-refractivity contribution in [3.63, 3.8) is 0 Å². The third kappa shape index (κ3) is 3.75. The Bertz CT molecular complexity index is 950. The molecule has 2 heterocycles. The second kappa shape index (κ2) is 6.51. The highest BCUT2D eigenvalue weighted by Crippen LogP contribution is 2.29. The molecule has 3 N–H and O–H groups in total. The maximum Gasteiger partial charge on any atom is 0.209 e. The number of hydrogen-bond acceptors (Lipinski definition) is 4. The van der Waals surface area contributed by atoms with Crippen molar-refractivity contribution in [2.45, 2.75) is 19.3 Å². The van der Waals surface area contributed by atoms with Crippen LogP contribution in [0.4, 0.5) is 0 Å². The van der Waals surface area contributed by atoms with Gasteiger partial charge in [0.15, 0.2) is 0 Å². The molecule has 0 amide bonds. The molecule has 0 aliphatic carbocycles. The Hall–Kier alpha value is -1.96. The molecule has 0 aliphatic rings. The van der Waals surface area contributed by atoms with E-state index >= 15 is 0 Å². The molecule has 0 radical (unpaired) electrons. The summed E-state index contributed by atoms with van der Waals surface area (Å²) in [6.07, 6.45) is 3.35. The van der Waals surface area contributed by atoms with Crippen molar-refractivity contribution in [3.05, 3.63) is 48.4 Å². The molecule has 3 aromatic rings. The number of benzene rings is 1. The van der Waals surface area contributed by atoms with Crippen molar-refractivity contribution < 1.29 is 8.42 Å². The van der Waals surface area contributed by atoms with Gasteiger partial charge in [-0.2, -0.15) is 0 Å². The first kappa shape index (κ1) is 18.4. The molecule has 0 fully saturated rings. The number of nitrogens with one attached hydrogen (secondary N) is 1. The fourth-order valence-corrected chi connectivity index (χ4v) is 3.94. The van der Waals surface area contributed by atoms with Crippen LogP contribution in [0.5, 0.6) is 0 Å². The lowest BCUT2D eigenvalue weighted by atomic mass is 9.86. The van der Waals surface area contributed by atoms with Crippen molar-refractivity contribution in [1.82, 2.24) is 15.0 Å². The SMILES string of the molecule is CC(C)(CS(N)(=O)=O)c1ccc(-c2ncnc3[nH]ccc23)cc1.Cl. The van der Waals surface area contributed by atoms with E-state index in [1.165, 1.54) is 6.33 Å². The number of fused-ring (bicyclic) bond motifs is 1. The first-order chi connectivity index (χ1) is 10.8. The van der Waals surface area contributed by atoms with Crippen LogP contribution in [0.3, 0.4) is 0 Å². The summed E-state index contributed by atoms with van der Waals surface area (Å²) in [5.74, 6) is -0.102. The minimum absolute atomic E-state index is 0. The molecule has 0 bridgehead atoms. The third-order valence-electron chi connectivity index (χ3n) is 3.86. The van der Waals surface area contributed by atoms with Gasteiger partial charge in [-0.25, -0.2) is 23.5 Å². The molecule has 2 aromatic heterocycles. The quantitative estimate of drug-likeness (QED) is 0.740. The number of H-pyrrole nitrogens is 1. The van der Waals surface area contributed by atoms with Crippen LogP contribution in [0.25, 0.3) is 22.3 Å². The van der Waals surface area contributed by atoms with E-state index in [4.69, 9.17) is 5.14 Å². The summed E-state index contributed by atoms with van der Waals surface area (Å²) in [4.78, 5) is 11.6. The van der Waals surface area contributed by atoms with Crippen LogP contribution in [-0.2, 0) is 15.4 Å². The van der Waals surface area contributed by atoms with E-state index in [1.54, 1.807) is 0 Å². The minimum atomic E-state index is -3.54. The van der Waals surface area contributed by atoms with Crippen LogP contribution < -0.4 is 5.14 Å². The van der Waals surface area contributed by atoms with Gasteiger partial charge < -0.3 is 4.98 Å². The molecule has 0 atom stereocenters. The number of aromatic nitrogens is 3. The van der Waals surface area contributed by atoms with Gasteiger partial charge in [0, 0.05) is 22.6 Å². The van der Waals surface area contributed by atoms with Gasteiger partial charge in [-0.3, -0.25) is 0 Å². The van der Waals surface area contributed by atoms with Gasteiger partial charge in [0.25, 0.3) is 0 Å². The van der Waals surface area contributed by atoms with E-state index in [0.29, 0.717) is 0 Å². The summed E-state index contributed by atoms with van der Waals surface area (Å²) in [6, 6.07) is 9.65. The summed E-state index contributed by atoms with van der Waals surface area (Å²) in [6.45, 7) is 3.73. The smallest absolute Gasteiger partial charge is 0.209 e. The number of nitrogens with zero attached hydrogens (tertiary/aromatic N) is 2. The Balaban J connectivity index is 0.00000208. The normalized spacial score (nSPS) is 12.1. The maximum atomic E-state index is 11.4. The van der Waals surface area contributed by atoms with E-state index in [9.17, 15) is 8.42 Å². The molecule has 128 valence electrons. The Morgan fingerprint density at radius 3 is 2.42 bits per heavy atom. The topological polar surface area (TPSA) is 102 Å². The molecule has 3 rings (SSSR count). The molecule has 8 heteroatoms. The second-order valence-corrected chi connectivity index (χ2v) is 7.85. The van der Waals surface area contributed by atoms with E-state index in [2.05, 4.69) is 15.0 Å². The number of rotatable bonds is 4. The number of sulfonamides is 1. The van der Waals surface area contributed by atoms with Gasteiger partial charge in [-0.15, -0.1) is 12.4 Å². The highest BCUT2D eigenvalue weighted by Gasteiger charge is 2.26. The highest BCUT2D eigenvalue weighted by atomic mass is 35.5. The van der Waals surface area contributed by atoms with Crippen molar-refractivity contribution >= 4 is 33.5 Å². The molecule has 0 unspecified atom stereocenters. The predicted molar refractivity (Wildman–Crippen MR) is 97.6 cm³/mol. The van der Waals surface area contributed by atoms with Crippen LogP contribution >= 0.6 is 12.4 Å². The van der Waals surface area contributed by atoms with Crippen LogP contribution in [0.2, 0.25) is 0 Å². The van der Waals surface area contributed by atoms with Crippen LogP contribution in [0.15, 0.2) is 42.9 Å². The Morgan fingerprint density at radius 2 is 1.79 bits per heavy atom. The number of halogens is 1. The first-order valence-corrected chi connectivity index (χ1v) is 8.87. The minimum Gasteiger partial charge on any atom is -0.346 e. The van der Waals surface area contributed by atoms with Crippen LogP contribution in [0.1, 0.15) is 19.4 Å². The standard InChI is InChI=1S/C16H18N4O2S.ClH/c1-16(2,9-23(17,21)22)12-5-3-11(4-6-12)14-13-7-8-18-15(13)20-10-19-14;/h3-8,10H,9H2,1-2H3,(H2,17,21,22)(H,18,19,20);1H. The number of aromatic amines is 1. The lowest BCUT2D eigenvalue weighted by Crippen LogP contribution is -2.32. The molecule has 0 saturated heterocycles. The zero-order chi connectivity index (χ0) is 16.7. The molecule has 6 nitrogen and oxygen atoms in total. The summed E-state index contributed by atoms with van der Waals surface area (Å²) >= 11 is 0. The summed E-state index contributed by atoms with van der Waals surface area (Å²) in [5.41, 5.74) is 2.93. The zero-order valence-corrected chi connectivity index (χ0v) is 15.0. The summed E-state index contributed by atoms with van der Waals surface area (Å²) in [7, 11) is -3.54. The zero-order valence-electron chi connectivity index (χ0n) is 13.4. The van der Waals surface area contributed by atoms with Crippen LogP contribution in [0, 0.1) is 0 Å².